The van der Waals surface area contributed by atoms with Crippen LogP contribution in [0.25, 0.3) is 0 Å². The Morgan fingerprint density at radius 1 is 1.16 bits per heavy atom. The van der Waals surface area contributed by atoms with E-state index >= 15 is 0 Å². The zero-order chi connectivity index (χ0) is 16.9. The van der Waals surface area contributed by atoms with Gasteiger partial charge in [-0.05, 0) is 30.4 Å². The second-order valence-corrected chi connectivity index (χ2v) is 6.14. The van der Waals surface area contributed by atoms with Gasteiger partial charge in [-0.2, -0.15) is 0 Å². The number of benzene rings is 2. The number of anilines is 1. The van der Waals surface area contributed by atoms with Crippen LogP contribution >= 0.6 is 28.7 Å². The van der Waals surface area contributed by atoms with E-state index in [0.717, 1.165) is 5.03 Å². The lowest BCUT2D eigenvalue weighted by atomic mass is 10.3. The number of rotatable bonds is 4. The van der Waals surface area contributed by atoms with E-state index in [4.69, 9.17) is 0 Å². The van der Waals surface area contributed by atoms with Crippen molar-refractivity contribution in [3.63, 3.8) is 0 Å². The average molecular weight is 418 g/mol. The summed E-state index contributed by atoms with van der Waals surface area (Å²) in [6, 6.07) is 14.5. The highest BCUT2D eigenvalue weighted by Gasteiger charge is 2.20. The third kappa shape index (κ3) is 4.58. The van der Waals surface area contributed by atoms with Gasteiger partial charge in [0.2, 0.25) is 0 Å². The van der Waals surface area contributed by atoms with Crippen LogP contribution in [-0.4, -0.2) is 18.2 Å². The van der Waals surface area contributed by atoms with Gasteiger partial charge in [-0.1, -0.05) is 36.0 Å². The fourth-order valence-corrected chi connectivity index (χ4v) is 3.33. The second-order valence-electron chi connectivity index (χ2n) is 5.07. The van der Waals surface area contributed by atoms with Gasteiger partial charge < -0.3 is 4.90 Å². The van der Waals surface area contributed by atoms with Gasteiger partial charge in [-0.3, -0.25) is 15.1 Å². The number of nitro groups is 1. The summed E-state index contributed by atoms with van der Waals surface area (Å²) in [5.74, 6) is 0. The van der Waals surface area contributed by atoms with E-state index in [-0.39, 0.29) is 22.7 Å². The number of para-hydroxylation sites is 1. The highest BCUT2D eigenvalue weighted by molar-refractivity contribution is 8.93. The number of hydrogen-bond acceptors (Lipinski definition) is 5. The van der Waals surface area contributed by atoms with Crippen LogP contribution in [0.3, 0.4) is 0 Å². The van der Waals surface area contributed by atoms with Crippen molar-refractivity contribution >= 4 is 52.0 Å². The van der Waals surface area contributed by atoms with E-state index in [1.165, 1.54) is 22.7 Å². The Kier molecular flexibility index (Phi) is 6.55. The maximum Gasteiger partial charge on any atom is 0.271 e. The molecule has 1 heterocycles. The zero-order valence-corrected chi connectivity index (χ0v) is 15.9. The Morgan fingerprint density at radius 3 is 2.72 bits per heavy atom. The second kappa shape index (κ2) is 8.64. The van der Waals surface area contributed by atoms with E-state index in [1.807, 2.05) is 37.4 Å². The molecular formula is C18H16BrN3O2S. The van der Waals surface area contributed by atoms with E-state index < -0.39 is 4.92 Å². The van der Waals surface area contributed by atoms with Crippen molar-refractivity contribution in [3.8, 4) is 0 Å². The summed E-state index contributed by atoms with van der Waals surface area (Å²) >= 11 is 1.72. The molecule has 2 aromatic carbocycles. The lowest BCUT2D eigenvalue weighted by molar-refractivity contribution is -0.384. The maximum atomic E-state index is 10.7. The normalized spacial score (nSPS) is 14.9. The predicted molar refractivity (Wildman–Crippen MR) is 109 cm³/mol. The van der Waals surface area contributed by atoms with Crippen LogP contribution in [-0.2, 0) is 0 Å². The molecule has 0 aliphatic carbocycles. The molecule has 128 valence electrons. The summed E-state index contributed by atoms with van der Waals surface area (Å²) in [5, 5.41) is 11.9. The average Bonchev–Trinajstić information content (AvgIpc) is 2.91. The van der Waals surface area contributed by atoms with Crippen molar-refractivity contribution in [1.82, 2.24) is 0 Å². The predicted octanol–water partition coefficient (Wildman–Crippen LogP) is 5.51. The van der Waals surface area contributed by atoms with Gasteiger partial charge in [0, 0.05) is 30.3 Å². The number of nitrogens with zero attached hydrogens (tertiary/aromatic N) is 3. The van der Waals surface area contributed by atoms with Crippen LogP contribution in [0.4, 0.5) is 17.1 Å². The molecule has 0 N–H and O–H groups in total. The summed E-state index contributed by atoms with van der Waals surface area (Å²) in [6.07, 6.45) is 7.36. The lowest BCUT2D eigenvalue weighted by Gasteiger charge is -2.12. The number of nitro benzene ring substituents is 1. The third-order valence-corrected chi connectivity index (χ3v) is 4.66. The van der Waals surface area contributed by atoms with Crippen LogP contribution in [0.1, 0.15) is 0 Å². The molecule has 7 heteroatoms. The maximum absolute atomic E-state index is 10.7. The van der Waals surface area contributed by atoms with Gasteiger partial charge in [-0.15, -0.1) is 17.0 Å². The standard InChI is InChI=1S/C18H15N3O2S.BrH/c1-20-16-9-2-3-10-17(16)24-18(20)11-4-5-12-19-14-7-6-8-15(13-14)21(22)23;/h2-13H,1H3;1H/b5-4+,18-11+,19-12?;. The molecule has 1 aliphatic heterocycles. The molecule has 0 unspecified atom stereocenters. The van der Waals surface area contributed by atoms with Crippen LogP contribution in [0.2, 0.25) is 0 Å². The summed E-state index contributed by atoms with van der Waals surface area (Å²) < 4.78 is 0. The number of non-ortho nitro benzene ring substituents is 1. The van der Waals surface area contributed by atoms with Crippen molar-refractivity contribution < 1.29 is 4.92 Å². The molecular weight excluding hydrogens is 402 g/mol. The van der Waals surface area contributed by atoms with Crippen molar-refractivity contribution in [2.45, 2.75) is 4.90 Å². The number of aliphatic imine (C=N–C) groups is 1. The zero-order valence-electron chi connectivity index (χ0n) is 13.4. The summed E-state index contributed by atoms with van der Waals surface area (Å²) in [5.41, 5.74) is 1.80. The van der Waals surface area contributed by atoms with Crippen molar-refractivity contribution in [3.05, 3.63) is 81.9 Å². The van der Waals surface area contributed by atoms with Gasteiger partial charge in [0.15, 0.2) is 0 Å². The van der Waals surface area contributed by atoms with E-state index in [9.17, 15) is 10.1 Å². The third-order valence-electron chi connectivity index (χ3n) is 3.47. The summed E-state index contributed by atoms with van der Waals surface area (Å²) in [4.78, 5) is 17.9. The first-order valence-electron chi connectivity index (χ1n) is 7.31. The van der Waals surface area contributed by atoms with Gasteiger partial charge in [0.1, 0.15) is 0 Å². The summed E-state index contributed by atoms with van der Waals surface area (Å²) in [6.45, 7) is 0. The SMILES string of the molecule is Br.CN1/C(=C\C=C\C=Nc2cccc([N+](=O)[O-])c2)Sc2ccccc21. The molecule has 0 spiro atoms. The Bertz CT molecular complexity index is 865. The molecule has 0 fully saturated rings. The Balaban J connectivity index is 0.00000225. The van der Waals surface area contributed by atoms with Crippen molar-refractivity contribution in [2.75, 3.05) is 11.9 Å². The van der Waals surface area contributed by atoms with Crippen LogP contribution < -0.4 is 4.90 Å². The van der Waals surface area contributed by atoms with Crippen LogP contribution in [0.15, 0.2) is 81.7 Å². The summed E-state index contributed by atoms with van der Waals surface area (Å²) in [7, 11) is 2.04. The van der Waals surface area contributed by atoms with Gasteiger partial charge in [0.05, 0.1) is 21.3 Å². The molecule has 0 radical (unpaired) electrons. The monoisotopic (exact) mass is 417 g/mol. The van der Waals surface area contributed by atoms with Gasteiger partial charge >= 0.3 is 0 Å². The van der Waals surface area contributed by atoms with E-state index in [2.05, 4.69) is 22.0 Å². The molecule has 1 aliphatic rings. The first-order chi connectivity index (χ1) is 11.6. The Hall–Kier alpha value is -2.38. The van der Waals surface area contributed by atoms with Gasteiger partial charge in [-0.25, -0.2) is 0 Å². The Labute approximate surface area is 160 Å². The highest BCUT2D eigenvalue weighted by atomic mass is 79.9. The molecule has 5 nitrogen and oxygen atoms in total. The first-order valence-corrected chi connectivity index (χ1v) is 8.13. The minimum Gasteiger partial charge on any atom is -0.338 e. The fourth-order valence-electron chi connectivity index (χ4n) is 2.27. The number of hydrogen-bond donors (Lipinski definition) is 0. The first kappa shape index (κ1) is 19.0. The quantitative estimate of drug-likeness (QED) is 0.373. The lowest BCUT2D eigenvalue weighted by Crippen LogP contribution is -2.08. The Morgan fingerprint density at radius 2 is 1.96 bits per heavy atom. The minimum absolute atomic E-state index is 0. The number of allylic oxidation sites excluding steroid dienone is 3. The molecule has 2 aromatic rings. The molecule has 0 atom stereocenters. The molecule has 0 saturated carbocycles. The molecule has 0 amide bonds. The van der Waals surface area contributed by atoms with Gasteiger partial charge in [0.25, 0.3) is 5.69 Å². The van der Waals surface area contributed by atoms with Crippen molar-refractivity contribution in [2.24, 2.45) is 4.99 Å². The smallest absolute Gasteiger partial charge is 0.271 e. The van der Waals surface area contributed by atoms with E-state index in [1.54, 1.807) is 30.1 Å². The molecule has 0 aromatic heterocycles. The number of thioether (sulfide) groups is 1. The minimum atomic E-state index is -0.426. The molecule has 3 rings (SSSR count). The molecule has 25 heavy (non-hydrogen) atoms. The fraction of sp³-hybridized carbons (Fsp3) is 0.0556. The number of halogens is 1. The largest absolute Gasteiger partial charge is 0.338 e. The highest BCUT2D eigenvalue weighted by Crippen LogP contribution is 2.44. The molecule has 0 saturated heterocycles. The van der Waals surface area contributed by atoms with Crippen LogP contribution in [0, 0.1) is 10.1 Å². The van der Waals surface area contributed by atoms with E-state index in [0.29, 0.717) is 5.69 Å². The number of fused-ring (bicyclic) bond motifs is 1. The van der Waals surface area contributed by atoms with Crippen molar-refractivity contribution in [1.29, 1.82) is 0 Å². The van der Waals surface area contributed by atoms with Crippen LogP contribution in [0.5, 0.6) is 0 Å². The topological polar surface area (TPSA) is 58.7 Å². The molecule has 0 bridgehead atoms.